The number of carboxylic acid groups (broad SMARTS) is 1. The molecule has 0 unspecified atom stereocenters. The van der Waals surface area contributed by atoms with Crippen LogP contribution in [-0.2, 0) is 4.79 Å². The van der Waals surface area contributed by atoms with Crippen molar-refractivity contribution in [1.82, 2.24) is 0 Å². The molecule has 4 atom stereocenters. The molecule has 22 heavy (non-hydrogen) atoms. The number of hydrogen-bond acceptors (Lipinski definition) is 1. The van der Waals surface area contributed by atoms with Crippen molar-refractivity contribution in [2.75, 3.05) is 0 Å². The van der Waals surface area contributed by atoms with E-state index in [-0.39, 0.29) is 11.3 Å². The Bertz CT molecular complexity index is 516. The quantitative estimate of drug-likeness (QED) is 0.559. The summed E-state index contributed by atoms with van der Waals surface area (Å²) in [6, 6.07) is 0. The first-order valence-electron chi connectivity index (χ1n) is 8.46. The van der Waals surface area contributed by atoms with Crippen LogP contribution in [0, 0.1) is 22.7 Å². The first-order chi connectivity index (χ1) is 10.3. The van der Waals surface area contributed by atoms with Crippen molar-refractivity contribution in [2.45, 2.75) is 59.3 Å². The third kappa shape index (κ3) is 2.68. The van der Waals surface area contributed by atoms with Gasteiger partial charge in [-0.2, -0.15) is 0 Å². The van der Waals surface area contributed by atoms with Crippen LogP contribution in [0.1, 0.15) is 59.3 Å². The maximum atomic E-state index is 11.9. The molecule has 0 radical (unpaired) electrons. The van der Waals surface area contributed by atoms with Gasteiger partial charge in [0.2, 0.25) is 0 Å². The Morgan fingerprint density at radius 2 is 2.09 bits per heavy atom. The SMILES string of the molecule is C=C/C(C)=C\C[C@@H]1C(=C)CC[C@@H]2[C@]1(C)CCC[C@@]2(C)C(=O)O. The lowest BCUT2D eigenvalue weighted by atomic mass is 9.46. The van der Waals surface area contributed by atoms with E-state index in [4.69, 9.17) is 0 Å². The molecule has 2 saturated carbocycles. The standard InChI is InChI=1S/C20H30O2/c1-6-14(2)8-10-16-15(3)9-11-17-19(16,4)12-7-13-20(17,5)18(21)22/h6,8,16-17H,1,3,7,9-13H2,2,4-5H3,(H,21,22)/b14-8-/t16-,17-,19-,20-/m1/s1. The fourth-order valence-corrected chi connectivity index (χ4v) is 5.03. The van der Waals surface area contributed by atoms with Gasteiger partial charge in [-0.3, -0.25) is 4.79 Å². The topological polar surface area (TPSA) is 37.3 Å². The minimum atomic E-state index is -0.618. The minimum absolute atomic E-state index is 0.0542. The maximum Gasteiger partial charge on any atom is 0.309 e. The van der Waals surface area contributed by atoms with Gasteiger partial charge in [0.05, 0.1) is 5.41 Å². The van der Waals surface area contributed by atoms with Crippen LogP contribution in [0.5, 0.6) is 0 Å². The summed E-state index contributed by atoms with van der Waals surface area (Å²) >= 11 is 0. The Labute approximate surface area is 135 Å². The number of fused-ring (bicyclic) bond motifs is 1. The number of hydrogen-bond donors (Lipinski definition) is 1. The molecule has 2 aliphatic carbocycles. The molecule has 0 aliphatic heterocycles. The fraction of sp³-hybridized carbons (Fsp3) is 0.650. The van der Waals surface area contributed by atoms with Crippen LogP contribution in [0.3, 0.4) is 0 Å². The first-order valence-corrected chi connectivity index (χ1v) is 8.46. The lowest BCUT2D eigenvalue weighted by molar-refractivity contribution is -0.164. The van der Waals surface area contributed by atoms with Gasteiger partial charge in [-0.05, 0) is 63.2 Å². The molecule has 0 spiro atoms. The van der Waals surface area contributed by atoms with Crippen molar-refractivity contribution < 1.29 is 9.90 Å². The summed E-state index contributed by atoms with van der Waals surface area (Å²) in [7, 11) is 0. The number of allylic oxidation sites excluding steroid dienone is 4. The van der Waals surface area contributed by atoms with Gasteiger partial charge in [0, 0.05) is 0 Å². The second-order valence-corrected chi connectivity index (χ2v) is 7.77. The van der Waals surface area contributed by atoms with Gasteiger partial charge in [0.1, 0.15) is 0 Å². The van der Waals surface area contributed by atoms with Crippen molar-refractivity contribution in [3.8, 4) is 0 Å². The monoisotopic (exact) mass is 302 g/mol. The Hall–Kier alpha value is -1.31. The van der Waals surface area contributed by atoms with Crippen LogP contribution in [0.2, 0.25) is 0 Å². The summed E-state index contributed by atoms with van der Waals surface area (Å²) in [5.74, 6) is 0.0202. The molecule has 1 N–H and O–H groups in total. The highest BCUT2D eigenvalue weighted by Crippen LogP contribution is 2.61. The van der Waals surface area contributed by atoms with Gasteiger partial charge < -0.3 is 5.11 Å². The molecule has 0 aromatic heterocycles. The van der Waals surface area contributed by atoms with Crippen LogP contribution in [0.4, 0.5) is 0 Å². The summed E-state index contributed by atoms with van der Waals surface area (Å²) in [6.45, 7) is 14.5. The highest BCUT2D eigenvalue weighted by Gasteiger charge is 2.57. The van der Waals surface area contributed by atoms with Crippen LogP contribution < -0.4 is 0 Å². The minimum Gasteiger partial charge on any atom is -0.481 e. The van der Waals surface area contributed by atoms with E-state index in [0.717, 1.165) is 38.5 Å². The van der Waals surface area contributed by atoms with Crippen molar-refractivity contribution in [3.05, 3.63) is 36.5 Å². The van der Waals surface area contributed by atoms with E-state index in [1.807, 2.05) is 13.0 Å². The van der Waals surface area contributed by atoms with E-state index in [1.165, 1.54) is 11.1 Å². The second kappa shape index (κ2) is 6.06. The zero-order valence-electron chi connectivity index (χ0n) is 14.3. The van der Waals surface area contributed by atoms with Crippen LogP contribution in [0.15, 0.2) is 36.5 Å². The van der Waals surface area contributed by atoms with Gasteiger partial charge in [0.15, 0.2) is 0 Å². The van der Waals surface area contributed by atoms with Gasteiger partial charge in [-0.25, -0.2) is 0 Å². The molecule has 0 aromatic rings. The van der Waals surface area contributed by atoms with Crippen molar-refractivity contribution in [3.63, 3.8) is 0 Å². The first kappa shape index (κ1) is 17.1. The fourth-order valence-electron chi connectivity index (χ4n) is 5.03. The number of carbonyl (C=O) groups is 1. The van der Waals surface area contributed by atoms with E-state index in [1.54, 1.807) is 0 Å². The molecule has 2 nitrogen and oxygen atoms in total. The molecule has 0 aromatic carbocycles. The highest BCUT2D eigenvalue weighted by atomic mass is 16.4. The van der Waals surface area contributed by atoms with Crippen molar-refractivity contribution in [2.24, 2.45) is 22.7 Å². The van der Waals surface area contributed by atoms with Crippen LogP contribution >= 0.6 is 0 Å². The third-order valence-electron chi connectivity index (χ3n) is 6.51. The Morgan fingerprint density at radius 3 is 2.68 bits per heavy atom. The summed E-state index contributed by atoms with van der Waals surface area (Å²) in [6.07, 6.45) is 9.95. The van der Waals surface area contributed by atoms with Gasteiger partial charge in [-0.15, -0.1) is 0 Å². The van der Waals surface area contributed by atoms with Crippen LogP contribution in [0.25, 0.3) is 0 Å². The number of rotatable bonds is 4. The largest absolute Gasteiger partial charge is 0.481 e. The number of carboxylic acids is 1. The van der Waals surface area contributed by atoms with E-state index < -0.39 is 11.4 Å². The molecule has 2 rings (SSSR count). The molecule has 122 valence electrons. The van der Waals surface area contributed by atoms with E-state index in [2.05, 4.69) is 33.1 Å². The Balaban J connectivity index is 2.36. The molecular weight excluding hydrogens is 272 g/mol. The van der Waals surface area contributed by atoms with Gasteiger partial charge in [0.25, 0.3) is 0 Å². The van der Waals surface area contributed by atoms with Gasteiger partial charge in [-0.1, -0.05) is 49.8 Å². The van der Waals surface area contributed by atoms with E-state index in [9.17, 15) is 9.90 Å². The summed E-state index contributed by atoms with van der Waals surface area (Å²) in [5, 5.41) is 9.81. The lowest BCUT2D eigenvalue weighted by Gasteiger charge is -2.57. The van der Waals surface area contributed by atoms with Gasteiger partial charge >= 0.3 is 5.97 Å². The summed E-state index contributed by atoms with van der Waals surface area (Å²) in [4.78, 5) is 11.9. The molecular formula is C20H30O2. The van der Waals surface area contributed by atoms with Crippen LogP contribution in [-0.4, -0.2) is 11.1 Å². The zero-order chi connectivity index (χ0) is 16.5. The van der Waals surface area contributed by atoms with E-state index >= 15 is 0 Å². The predicted octanol–water partition coefficient (Wildman–Crippen LogP) is 5.37. The molecule has 0 saturated heterocycles. The zero-order valence-corrected chi connectivity index (χ0v) is 14.3. The Morgan fingerprint density at radius 1 is 1.41 bits per heavy atom. The molecule has 0 bridgehead atoms. The number of aliphatic carboxylic acids is 1. The normalized spacial score (nSPS) is 39.2. The summed E-state index contributed by atoms with van der Waals surface area (Å²) in [5.41, 5.74) is 1.97. The molecule has 0 amide bonds. The Kier molecular flexibility index (Phi) is 4.70. The second-order valence-electron chi connectivity index (χ2n) is 7.77. The smallest absolute Gasteiger partial charge is 0.309 e. The third-order valence-corrected chi connectivity index (χ3v) is 6.51. The predicted molar refractivity (Wildman–Crippen MR) is 91.6 cm³/mol. The highest BCUT2D eigenvalue weighted by molar-refractivity contribution is 5.75. The average molecular weight is 302 g/mol. The van der Waals surface area contributed by atoms with Crippen molar-refractivity contribution in [1.29, 1.82) is 0 Å². The molecule has 0 heterocycles. The maximum absolute atomic E-state index is 11.9. The van der Waals surface area contributed by atoms with E-state index in [0.29, 0.717) is 5.92 Å². The molecule has 2 fully saturated rings. The molecule has 2 aliphatic rings. The average Bonchev–Trinajstić information content (AvgIpc) is 2.45. The van der Waals surface area contributed by atoms with Crippen molar-refractivity contribution >= 4 is 5.97 Å². The molecule has 2 heteroatoms. The summed E-state index contributed by atoms with van der Waals surface area (Å²) < 4.78 is 0. The lowest BCUT2D eigenvalue weighted by Crippen LogP contribution is -2.53.